The molecule has 3 nitrogen and oxygen atoms in total. The minimum Gasteiger partial charge on any atom is -0.465 e. The summed E-state index contributed by atoms with van der Waals surface area (Å²) in [5.74, 6) is 0.570. The number of carboxylic acid groups (broad SMARTS) is 1. The molecule has 0 radical (unpaired) electrons. The molecule has 1 amide bonds. The summed E-state index contributed by atoms with van der Waals surface area (Å²) in [5, 5.41) is 8.57. The summed E-state index contributed by atoms with van der Waals surface area (Å²) in [4.78, 5) is 11.8. The van der Waals surface area contributed by atoms with E-state index in [1.165, 1.54) is 4.90 Å². The van der Waals surface area contributed by atoms with Crippen LogP contribution < -0.4 is 0 Å². The van der Waals surface area contributed by atoms with Crippen LogP contribution in [0.3, 0.4) is 0 Å². The Morgan fingerprint density at radius 2 is 2.30 bits per heavy atom. The third kappa shape index (κ3) is 2.47. The van der Waals surface area contributed by atoms with Crippen molar-refractivity contribution in [3.8, 4) is 0 Å². The molecule has 0 aromatic rings. The normalized spacial score (nSPS) is 12.7. The number of rotatable bonds is 3. The average molecular weight is 163 g/mol. The fourth-order valence-electron chi connectivity index (χ4n) is 0.734. The van der Waals surface area contributed by atoms with E-state index in [4.69, 9.17) is 5.11 Å². The highest BCUT2D eigenvalue weighted by molar-refractivity contribution is 7.80. The third-order valence-corrected chi connectivity index (χ3v) is 1.91. The van der Waals surface area contributed by atoms with Crippen molar-refractivity contribution in [2.24, 2.45) is 0 Å². The van der Waals surface area contributed by atoms with Gasteiger partial charge in [0.25, 0.3) is 0 Å². The molecule has 0 saturated heterocycles. The molecule has 4 heteroatoms. The van der Waals surface area contributed by atoms with E-state index in [1.54, 1.807) is 0 Å². The van der Waals surface area contributed by atoms with Gasteiger partial charge in [-0.1, -0.05) is 0 Å². The molecule has 10 heavy (non-hydrogen) atoms. The summed E-state index contributed by atoms with van der Waals surface area (Å²) in [6, 6.07) is 0.00540. The quantitative estimate of drug-likeness (QED) is 0.616. The van der Waals surface area contributed by atoms with Crippen molar-refractivity contribution in [3.63, 3.8) is 0 Å². The fourth-order valence-corrected chi connectivity index (χ4v) is 0.931. The van der Waals surface area contributed by atoms with E-state index in [9.17, 15) is 4.79 Å². The first-order valence-electron chi connectivity index (χ1n) is 3.23. The van der Waals surface area contributed by atoms with Gasteiger partial charge in [-0.25, -0.2) is 4.79 Å². The molecule has 0 aromatic carbocycles. The van der Waals surface area contributed by atoms with Crippen LogP contribution in [0.2, 0.25) is 0 Å². The van der Waals surface area contributed by atoms with Gasteiger partial charge >= 0.3 is 6.09 Å². The van der Waals surface area contributed by atoms with Crippen LogP contribution in [0.25, 0.3) is 0 Å². The molecule has 0 aliphatic heterocycles. The summed E-state index contributed by atoms with van der Waals surface area (Å²) >= 11 is 4.00. The largest absolute Gasteiger partial charge is 0.465 e. The zero-order chi connectivity index (χ0) is 8.15. The highest BCUT2D eigenvalue weighted by atomic mass is 32.1. The molecule has 1 atom stereocenters. The van der Waals surface area contributed by atoms with Crippen LogP contribution in [0, 0.1) is 0 Å². The minimum absolute atomic E-state index is 0.00540. The molecule has 0 aliphatic carbocycles. The molecule has 1 unspecified atom stereocenters. The van der Waals surface area contributed by atoms with Gasteiger partial charge in [0.1, 0.15) is 0 Å². The number of nitrogens with zero attached hydrogens (tertiary/aromatic N) is 1. The molecule has 60 valence electrons. The number of amides is 1. The second-order valence-electron chi connectivity index (χ2n) is 2.10. The van der Waals surface area contributed by atoms with Gasteiger partial charge in [-0.05, 0) is 13.8 Å². The maximum atomic E-state index is 10.4. The minimum atomic E-state index is -0.871. The van der Waals surface area contributed by atoms with Crippen LogP contribution in [-0.4, -0.2) is 34.4 Å². The first kappa shape index (κ1) is 9.62. The van der Waals surface area contributed by atoms with Crippen molar-refractivity contribution < 1.29 is 9.90 Å². The van der Waals surface area contributed by atoms with Crippen LogP contribution in [0.4, 0.5) is 4.79 Å². The van der Waals surface area contributed by atoms with Crippen LogP contribution in [-0.2, 0) is 0 Å². The highest BCUT2D eigenvalue weighted by Gasteiger charge is 2.14. The Balaban J connectivity index is 3.92. The molecular formula is C6H13NO2S. The van der Waals surface area contributed by atoms with Crippen LogP contribution in [0.1, 0.15) is 13.8 Å². The number of hydrogen-bond donors (Lipinski definition) is 2. The number of thiol groups is 1. The predicted octanol–water partition coefficient (Wildman–Crippen LogP) is 1.30. The Kier molecular flexibility index (Phi) is 4.27. The van der Waals surface area contributed by atoms with Crippen molar-refractivity contribution in [2.45, 2.75) is 19.9 Å². The molecule has 1 N–H and O–H groups in total. The first-order chi connectivity index (χ1) is 4.63. The van der Waals surface area contributed by atoms with Crippen molar-refractivity contribution in [2.75, 3.05) is 12.3 Å². The van der Waals surface area contributed by atoms with Crippen molar-refractivity contribution in [1.29, 1.82) is 0 Å². The summed E-state index contributed by atoms with van der Waals surface area (Å²) in [6.45, 7) is 4.18. The van der Waals surface area contributed by atoms with E-state index >= 15 is 0 Å². The van der Waals surface area contributed by atoms with Gasteiger partial charge in [-0.3, -0.25) is 0 Å². The van der Waals surface area contributed by atoms with Crippen molar-refractivity contribution in [1.82, 2.24) is 4.90 Å². The highest BCUT2D eigenvalue weighted by Crippen LogP contribution is 2.00. The van der Waals surface area contributed by atoms with E-state index in [0.717, 1.165) is 0 Å². The van der Waals surface area contributed by atoms with Gasteiger partial charge in [0.15, 0.2) is 0 Å². The Morgan fingerprint density at radius 3 is 2.40 bits per heavy atom. The van der Waals surface area contributed by atoms with Crippen molar-refractivity contribution >= 4 is 18.7 Å². The Morgan fingerprint density at radius 1 is 1.80 bits per heavy atom. The average Bonchev–Trinajstić information content (AvgIpc) is 1.88. The smallest absolute Gasteiger partial charge is 0.407 e. The number of hydrogen-bond acceptors (Lipinski definition) is 2. The van der Waals surface area contributed by atoms with Crippen LogP contribution >= 0.6 is 12.6 Å². The second-order valence-corrected chi connectivity index (χ2v) is 2.47. The summed E-state index contributed by atoms with van der Waals surface area (Å²) in [6.07, 6.45) is -0.871. The maximum Gasteiger partial charge on any atom is 0.407 e. The molecule has 0 saturated carbocycles. The molecule has 0 aliphatic rings. The molecule has 0 rings (SSSR count). The lowest BCUT2D eigenvalue weighted by Gasteiger charge is -2.22. The van der Waals surface area contributed by atoms with Gasteiger partial charge in [0.2, 0.25) is 0 Å². The summed E-state index contributed by atoms with van der Waals surface area (Å²) in [5.41, 5.74) is 0. The monoisotopic (exact) mass is 163 g/mol. The van der Waals surface area contributed by atoms with Gasteiger partial charge in [0, 0.05) is 18.3 Å². The predicted molar refractivity (Wildman–Crippen MR) is 43.7 cm³/mol. The fraction of sp³-hybridized carbons (Fsp3) is 0.833. The standard InChI is InChI=1S/C6H13NO2S/c1-3-7(6(8)9)5(2)4-10/h5,10H,3-4H2,1-2H3,(H,8,9). The van der Waals surface area contributed by atoms with Crippen LogP contribution in [0.15, 0.2) is 0 Å². The van der Waals surface area contributed by atoms with Gasteiger partial charge in [-0.2, -0.15) is 12.6 Å². The molecule has 0 heterocycles. The van der Waals surface area contributed by atoms with Gasteiger partial charge < -0.3 is 10.0 Å². The zero-order valence-corrected chi connectivity index (χ0v) is 7.14. The lowest BCUT2D eigenvalue weighted by molar-refractivity contribution is 0.136. The van der Waals surface area contributed by atoms with E-state index in [0.29, 0.717) is 12.3 Å². The van der Waals surface area contributed by atoms with E-state index in [-0.39, 0.29) is 6.04 Å². The molecule has 0 aromatic heterocycles. The van der Waals surface area contributed by atoms with Crippen LogP contribution in [0.5, 0.6) is 0 Å². The Hall–Kier alpha value is -0.380. The topological polar surface area (TPSA) is 40.5 Å². The molecular weight excluding hydrogens is 150 g/mol. The zero-order valence-electron chi connectivity index (χ0n) is 6.24. The number of carbonyl (C=O) groups is 1. The van der Waals surface area contributed by atoms with E-state index < -0.39 is 6.09 Å². The summed E-state index contributed by atoms with van der Waals surface area (Å²) < 4.78 is 0. The lowest BCUT2D eigenvalue weighted by atomic mass is 10.3. The Labute approximate surface area is 66.4 Å². The van der Waals surface area contributed by atoms with Gasteiger partial charge in [0.05, 0.1) is 0 Å². The molecule has 0 fully saturated rings. The molecule has 0 spiro atoms. The first-order valence-corrected chi connectivity index (χ1v) is 3.87. The lowest BCUT2D eigenvalue weighted by Crippen LogP contribution is -2.38. The SMILES string of the molecule is CCN(C(=O)O)C(C)CS. The summed E-state index contributed by atoms with van der Waals surface area (Å²) in [7, 11) is 0. The van der Waals surface area contributed by atoms with E-state index in [2.05, 4.69) is 12.6 Å². The Bertz CT molecular complexity index is 118. The second kappa shape index (κ2) is 4.44. The third-order valence-electron chi connectivity index (χ3n) is 1.38. The van der Waals surface area contributed by atoms with Gasteiger partial charge in [-0.15, -0.1) is 0 Å². The van der Waals surface area contributed by atoms with Crippen molar-refractivity contribution in [3.05, 3.63) is 0 Å². The van der Waals surface area contributed by atoms with E-state index in [1.807, 2.05) is 13.8 Å². The molecule has 0 bridgehead atoms. The maximum absolute atomic E-state index is 10.4.